The predicted molar refractivity (Wildman–Crippen MR) is 84.9 cm³/mol. The largest absolute Gasteiger partial charge is 0.393 e. The summed E-state index contributed by atoms with van der Waals surface area (Å²) in [5, 5.41) is 7.31. The number of carbonyl (C=O) groups is 1. The number of aromatic nitrogens is 2. The highest BCUT2D eigenvalue weighted by atomic mass is 35.5. The van der Waals surface area contributed by atoms with Gasteiger partial charge in [-0.1, -0.05) is 0 Å². The predicted octanol–water partition coefficient (Wildman–Crippen LogP) is 1.95. The van der Waals surface area contributed by atoms with Gasteiger partial charge >= 0.3 is 6.18 Å². The highest BCUT2D eigenvalue weighted by Crippen LogP contribution is 2.35. The summed E-state index contributed by atoms with van der Waals surface area (Å²) in [6.45, 7) is 1.37. The van der Waals surface area contributed by atoms with Crippen LogP contribution in [0.15, 0.2) is 12.4 Å². The summed E-state index contributed by atoms with van der Waals surface area (Å²) in [5.74, 6) is -1.90. The van der Waals surface area contributed by atoms with Crippen molar-refractivity contribution in [3.05, 3.63) is 18.0 Å². The molecular weight excluding hydrogens is 345 g/mol. The summed E-state index contributed by atoms with van der Waals surface area (Å²) in [6.07, 6.45) is -0.106. The van der Waals surface area contributed by atoms with E-state index < -0.39 is 12.1 Å². The molecule has 1 aromatic rings. The number of hydrogen-bond acceptors (Lipinski definition) is 3. The van der Waals surface area contributed by atoms with Gasteiger partial charge in [0.25, 0.3) is 0 Å². The lowest BCUT2D eigenvalue weighted by Crippen LogP contribution is -2.47. The third kappa shape index (κ3) is 3.85. The van der Waals surface area contributed by atoms with Gasteiger partial charge in [0, 0.05) is 45.3 Å². The molecule has 0 radical (unpaired) electrons. The molecule has 0 aliphatic carbocycles. The number of alkyl halides is 3. The molecule has 5 nitrogen and oxygen atoms in total. The number of nitrogens with one attached hydrogen (secondary N) is 1. The molecule has 2 aliphatic heterocycles. The highest BCUT2D eigenvalue weighted by molar-refractivity contribution is 5.85. The van der Waals surface area contributed by atoms with E-state index in [2.05, 4.69) is 10.4 Å². The number of halogens is 4. The van der Waals surface area contributed by atoms with Gasteiger partial charge in [0.1, 0.15) is 0 Å². The molecule has 9 heteroatoms. The third-order valence-corrected chi connectivity index (χ3v) is 4.88. The zero-order chi connectivity index (χ0) is 16.6. The molecule has 3 heterocycles. The standard InChI is InChI=1S/C15H21F3N4O.ClH/c1-21-8-10(5-20-21)12-6-19-7-13(12)14(23)22-4-2-3-11(9-22)15(16,17)18;/h5,8,11-13,19H,2-4,6-7,9H2,1H3;1H/t11?,12-,13+;/m1./s1. The summed E-state index contributed by atoms with van der Waals surface area (Å²) >= 11 is 0. The summed E-state index contributed by atoms with van der Waals surface area (Å²) < 4.78 is 40.5. The van der Waals surface area contributed by atoms with Gasteiger partial charge in [-0.2, -0.15) is 18.3 Å². The lowest BCUT2D eigenvalue weighted by molar-refractivity contribution is -0.188. The minimum atomic E-state index is -4.23. The topological polar surface area (TPSA) is 50.2 Å². The smallest absolute Gasteiger partial charge is 0.342 e. The first-order chi connectivity index (χ1) is 10.9. The molecule has 0 spiro atoms. The van der Waals surface area contributed by atoms with E-state index in [1.54, 1.807) is 17.9 Å². The van der Waals surface area contributed by atoms with Crippen molar-refractivity contribution in [1.29, 1.82) is 0 Å². The monoisotopic (exact) mass is 366 g/mol. The second-order valence-electron chi connectivity index (χ2n) is 6.48. The van der Waals surface area contributed by atoms with E-state index in [-0.39, 0.29) is 43.1 Å². The van der Waals surface area contributed by atoms with Crippen molar-refractivity contribution in [3.63, 3.8) is 0 Å². The van der Waals surface area contributed by atoms with Gasteiger partial charge in [-0.15, -0.1) is 12.4 Å². The second kappa shape index (κ2) is 7.31. The molecule has 1 aromatic heterocycles. The fraction of sp³-hybridized carbons (Fsp3) is 0.733. The molecule has 3 rings (SSSR count). The Bertz CT molecular complexity index is 577. The van der Waals surface area contributed by atoms with E-state index in [0.717, 1.165) is 5.56 Å². The molecule has 2 aliphatic rings. The van der Waals surface area contributed by atoms with Crippen LogP contribution in [0, 0.1) is 11.8 Å². The van der Waals surface area contributed by atoms with Gasteiger partial charge in [0.05, 0.1) is 18.0 Å². The average molecular weight is 367 g/mol. The zero-order valence-corrected chi connectivity index (χ0v) is 14.2. The number of amides is 1. The maximum absolute atomic E-state index is 12.9. The molecule has 1 N–H and O–H groups in total. The van der Waals surface area contributed by atoms with Crippen LogP contribution >= 0.6 is 12.4 Å². The number of carbonyl (C=O) groups excluding carboxylic acids is 1. The minimum Gasteiger partial charge on any atom is -0.342 e. The maximum atomic E-state index is 12.9. The van der Waals surface area contributed by atoms with Crippen molar-refractivity contribution in [2.24, 2.45) is 18.9 Å². The summed E-state index contributed by atoms with van der Waals surface area (Å²) in [6, 6.07) is 0. The van der Waals surface area contributed by atoms with Crippen molar-refractivity contribution < 1.29 is 18.0 Å². The number of nitrogens with zero attached hydrogens (tertiary/aromatic N) is 3. The van der Waals surface area contributed by atoms with E-state index >= 15 is 0 Å². The van der Waals surface area contributed by atoms with Crippen LogP contribution in [0.4, 0.5) is 13.2 Å². The molecule has 136 valence electrons. The fourth-order valence-electron chi connectivity index (χ4n) is 3.60. The van der Waals surface area contributed by atoms with Crippen LogP contribution < -0.4 is 5.32 Å². The van der Waals surface area contributed by atoms with E-state index in [1.165, 1.54) is 4.90 Å². The normalized spacial score (nSPS) is 27.8. The Labute approximate surface area is 145 Å². The first-order valence-electron chi connectivity index (χ1n) is 7.91. The first-order valence-corrected chi connectivity index (χ1v) is 7.91. The van der Waals surface area contributed by atoms with Gasteiger partial charge in [-0.25, -0.2) is 0 Å². The van der Waals surface area contributed by atoms with E-state index in [4.69, 9.17) is 0 Å². The Morgan fingerprint density at radius 3 is 2.75 bits per heavy atom. The number of hydrogen-bond donors (Lipinski definition) is 1. The van der Waals surface area contributed by atoms with Crippen LogP contribution in [0.2, 0.25) is 0 Å². The third-order valence-electron chi connectivity index (χ3n) is 4.88. The van der Waals surface area contributed by atoms with Crippen LogP contribution in [-0.2, 0) is 11.8 Å². The van der Waals surface area contributed by atoms with E-state index in [1.807, 2.05) is 6.20 Å². The van der Waals surface area contributed by atoms with Gasteiger partial charge < -0.3 is 10.2 Å². The van der Waals surface area contributed by atoms with Crippen LogP contribution in [0.5, 0.6) is 0 Å². The molecule has 24 heavy (non-hydrogen) atoms. The van der Waals surface area contributed by atoms with Crippen LogP contribution in [0.1, 0.15) is 24.3 Å². The molecular formula is C15H22ClF3N4O. The van der Waals surface area contributed by atoms with E-state index in [9.17, 15) is 18.0 Å². The van der Waals surface area contributed by atoms with Crippen molar-refractivity contribution in [3.8, 4) is 0 Å². The zero-order valence-electron chi connectivity index (χ0n) is 13.4. The summed E-state index contributed by atoms with van der Waals surface area (Å²) in [4.78, 5) is 14.2. The van der Waals surface area contributed by atoms with Crippen LogP contribution in [0.25, 0.3) is 0 Å². The van der Waals surface area contributed by atoms with Crippen LogP contribution in [-0.4, -0.2) is 52.9 Å². The minimum absolute atomic E-state index is 0. The van der Waals surface area contributed by atoms with Crippen LogP contribution in [0.3, 0.4) is 0 Å². The highest BCUT2D eigenvalue weighted by Gasteiger charge is 2.45. The summed E-state index contributed by atoms with van der Waals surface area (Å²) in [5.41, 5.74) is 0.959. The number of rotatable bonds is 2. The lowest BCUT2D eigenvalue weighted by atomic mass is 9.88. The Kier molecular flexibility index (Phi) is 5.80. The lowest BCUT2D eigenvalue weighted by Gasteiger charge is -2.35. The first kappa shape index (κ1) is 19.1. The van der Waals surface area contributed by atoms with Crippen molar-refractivity contribution in [2.45, 2.75) is 24.9 Å². The molecule has 1 unspecified atom stereocenters. The van der Waals surface area contributed by atoms with E-state index in [0.29, 0.717) is 26.1 Å². The quantitative estimate of drug-likeness (QED) is 0.870. The Morgan fingerprint density at radius 1 is 1.38 bits per heavy atom. The average Bonchev–Trinajstić information content (AvgIpc) is 3.14. The SMILES string of the molecule is Cl.Cn1cc([C@H]2CNC[C@@H]2C(=O)N2CCCC(C(F)(F)F)C2)cn1. The van der Waals surface area contributed by atoms with Crippen molar-refractivity contribution in [1.82, 2.24) is 20.0 Å². The molecule has 3 atom stereocenters. The molecule has 0 saturated carbocycles. The molecule has 0 bridgehead atoms. The van der Waals surface area contributed by atoms with Crippen molar-refractivity contribution in [2.75, 3.05) is 26.2 Å². The Morgan fingerprint density at radius 2 is 2.12 bits per heavy atom. The molecule has 2 saturated heterocycles. The molecule has 1 amide bonds. The maximum Gasteiger partial charge on any atom is 0.393 e. The second-order valence-corrected chi connectivity index (χ2v) is 6.48. The Balaban J connectivity index is 0.00000208. The number of likely N-dealkylation sites (tertiary alicyclic amines) is 1. The van der Waals surface area contributed by atoms with Gasteiger partial charge in [-0.3, -0.25) is 9.48 Å². The molecule has 0 aromatic carbocycles. The Hall–Kier alpha value is -1.28. The van der Waals surface area contributed by atoms with Gasteiger partial charge in [0.2, 0.25) is 5.91 Å². The van der Waals surface area contributed by atoms with Gasteiger partial charge in [-0.05, 0) is 18.4 Å². The summed E-state index contributed by atoms with van der Waals surface area (Å²) in [7, 11) is 1.81. The van der Waals surface area contributed by atoms with Crippen molar-refractivity contribution >= 4 is 18.3 Å². The molecule has 2 fully saturated rings. The van der Waals surface area contributed by atoms with Gasteiger partial charge in [0.15, 0.2) is 0 Å². The number of piperidine rings is 1. The number of aryl methyl sites for hydroxylation is 1. The fourth-order valence-corrected chi connectivity index (χ4v) is 3.60.